The first-order chi connectivity index (χ1) is 19.2. The van der Waals surface area contributed by atoms with Crippen LogP contribution in [0.2, 0.25) is 0 Å². The van der Waals surface area contributed by atoms with Crippen LogP contribution in [-0.2, 0) is 4.79 Å². The number of benzene rings is 3. The first-order valence-electron chi connectivity index (χ1n) is 13.1. The number of halogens is 3. The number of alkyl halides is 3. The highest BCUT2D eigenvalue weighted by atomic mass is 19.4. The van der Waals surface area contributed by atoms with Crippen molar-refractivity contribution in [3.05, 3.63) is 114 Å². The molecule has 0 aliphatic heterocycles. The summed E-state index contributed by atoms with van der Waals surface area (Å²) in [5.41, 5.74) is 3.60. The molecule has 206 valence electrons. The molecule has 9 heteroatoms. The van der Waals surface area contributed by atoms with Crippen molar-refractivity contribution in [2.24, 2.45) is 5.92 Å². The topological polar surface area (TPSA) is 67.2 Å². The Bertz CT molecular complexity index is 1430. The largest absolute Gasteiger partial charge is 0.406 e. The van der Waals surface area contributed by atoms with Crippen molar-refractivity contribution in [1.82, 2.24) is 19.8 Å². The smallest absolute Gasteiger partial charge is 0.333 e. The summed E-state index contributed by atoms with van der Waals surface area (Å²) >= 11 is 0. The van der Waals surface area contributed by atoms with Gasteiger partial charge in [-0.2, -0.15) is 13.2 Å². The Morgan fingerprint density at radius 1 is 0.950 bits per heavy atom. The van der Waals surface area contributed by atoms with E-state index in [1.54, 1.807) is 84.8 Å². The molecule has 1 heterocycles. The lowest BCUT2D eigenvalue weighted by Gasteiger charge is -2.31. The third kappa shape index (κ3) is 5.93. The molecule has 0 saturated heterocycles. The molecule has 0 saturated carbocycles. The van der Waals surface area contributed by atoms with Crippen molar-refractivity contribution >= 4 is 11.8 Å². The molecule has 0 radical (unpaired) electrons. The highest BCUT2D eigenvalue weighted by Gasteiger charge is 2.40. The molecule has 2 atom stereocenters. The predicted octanol–water partition coefficient (Wildman–Crippen LogP) is 6.04. The van der Waals surface area contributed by atoms with Crippen LogP contribution in [0.25, 0.3) is 11.1 Å². The van der Waals surface area contributed by atoms with Gasteiger partial charge in [-0.3, -0.25) is 9.59 Å². The van der Waals surface area contributed by atoms with Crippen molar-refractivity contribution in [1.29, 1.82) is 0 Å². The lowest BCUT2D eigenvalue weighted by atomic mass is 9.94. The summed E-state index contributed by atoms with van der Waals surface area (Å²) in [6.07, 6.45) is -0.0458. The number of nitrogens with zero attached hydrogens (tertiary/aromatic N) is 3. The number of carbonyl (C=O) groups is 2. The highest BCUT2D eigenvalue weighted by molar-refractivity contribution is 5.96. The predicted molar refractivity (Wildman–Crippen MR) is 145 cm³/mol. The van der Waals surface area contributed by atoms with Gasteiger partial charge < -0.3 is 14.8 Å². The Morgan fingerprint density at radius 2 is 1.55 bits per heavy atom. The second-order valence-electron chi connectivity index (χ2n) is 10.1. The average Bonchev–Trinajstić information content (AvgIpc) is 3.59. The number of hydrogen-bond acceptors (Lipinski definition) is 3. The number of imidazole rings is 1. The number of nitrogens with one attached hydrogen (secondary N) is 1. The van der Waals surface area contributed by atoms with Gasteiger partial charge in [-0.15, -0.1) is 0 Å². The van der Waals surface area contributed by atoms with Crippen LogP contribution < -0.4 is 5.32 Å². The van der Waals surface area contributed by atoms with Crippen molar-refractivity contribution in [3.8, 4) is 11.1 Å². The Hall–Kier alpha value is -4.40. The lowest BCUT2D eigenvalue weighted by molar-refractivity contribution is -0.162. The summed E-state index contributed by atoms with van der Waals surface area (Å²) in [5, 5.41) is 2.96. The van der Waals surface area contributed by atoms with Crippen LogP contribution >= 0.6 is 0 Å². The van der Waals surface area contributed by atoms with Gasteiger partial charge in [0.25, 0.3) is 5.91 Å². The molecule has 1 N–H and O–H groups in total. The molecule has 6 nitrogen and oxygen atoms in total. The van der Waals surface area contributed by atoms with Crippen LogP contribution in [0.15, 0.2) is 97.6 Å². The van der Waals surface area contributed by atoms with Crippen LogP contribution in [0.1, 0.15) is 46.9 Å². The van der Waals surface area contributed by atoms with Gasteiger partial charge in [0.1, 0.15) is 12.7 Å². The normalized spacial score (nSPS) is 14.2. The van der Waals surface area contributed by atoms with Gasteiger partial charge in [0.15, 0.2) is 0 Å². The molecule has 0 fully saturated rings. The second-order valence-corrected chi connectivity index (χ2v) is 10.1. The third-order valence-corrected chi connectivity index (χ3v) is 7.14. The zero-order valence-electron chi connectivity index (χ0n) is 21.9. The maximum absolute atomic E-state index is 13.9. The number of carbonyl (C=O) groups excluding carboxylic acids is 2. The number of aromatic nitrogens is 2. The lowest BCUT2D eigenvalue weighted by Crippen LogP contribution is -2.44. The van der Waals surface area contributed by atoms with Crippen molar-refractivity contribution in [2.45, 2.75) is 31.6 Å². The molecular weight excluding hydrogens is 517 g/mol. The SMILES string of the molecule is CC(CC(NC(=O)c1ccccc1)n1ccnc1)CN(CC(F)(F)F)C(=O)C1c2ccccc2-c2ccccc21. The van der Waals surface area contributed by atoms with Crippen molar-refractivity contribution < 1.29 is 22.8 Å². The van der Waals surface area contributed by atoms with E-state index in [9.17, 15) is 22.8 Å². The van der Waals surface area contributed by atoms with Gasteiger partial charge in [0.05, 0.1) is 12.2 Å². The number of amides is 2. The summed E-state index contributed by atoms with van der Waals surface area (Å²) in [4.78, 5) is 31.8. The van der Waals surface area contributed by atoms with E-state index in [0.29, 0.717) is 16.7 Å². The maximum Gasteiger partial charge on any atom is 0.406 e. The van der Waals surface area contributed by atoms with Gasteiger partial charge in [-0.1, -0.05) is 73.7 Å². The van der Waals surface area contributed by atoms with Crippen molar-refractivity contribution in [3.63, 3.8) is 0 Å². The average molecular weight is 547 g/mol. The fourth-order valence-electron chi connectivity index (χ4n) is 5.42. The van der Waals surface area contributed by atoms with Crippen LogP contribution in [0.4, 0.5) is 13.2 Å². The molecule has 3 aromatic carbocycles. The maximum atomic E-state index is 13.9. The van der Waals surface area contributed by atoms with Crippen LogP contribution in [0.5, 0.6) is 0 Å². The highest BCUT2D eigenvalue weighted by Crippen LogP contribution is 2.45. The van der Waals surface area contributed by atoms with Gasteiger partial charge in [-0.25, -0.2) is 4.98 Å². The van der Waals surface area contributed by atoms with E-state index in [2.05, 4.69) is 10.3 Å². The van der Waals surface area contributed by atoms with Gasteiger partial charge in [0.2, 0.25) is 5.91 Å². The summed E-state index contributed by atoms with van der Waals surface area (Å²) in [6.45, 7) is 0.292. The molecule has 2 unspecified atom stereocenters. The minimum absolute atomic E-state index is 0.133. The van der Waals surface area contributed by atoms with E-state index >= 15 is 0 Å². The Labute approximate surface area is 230 Å². The standard InChI is InChI=1S/C31H29F3N4O2/c1-21(17-27(37-16-15-35-20-37)36-29(39)22-9-3-2-4-10-22)18-38(19-31(32,33)34)30(40)28-25-13-7-5-11-23(25)24-12-6-8-14-26(24)28/h2-16,20-21,27-28H,17-19H2,1H3,(H,36,39). The minimum atomic E-state index is -4.57. The van der Waals surface area contributed by atoms with E-state index < -0.39 is 30.7 Å². The Balaban J connectivity index is 1.38. The van der Waals surface area contributed by atoms with E-state index in [1.165, 1.54) is 0 Å². The third-order valence-electron chi connectivity index (χ3n) is 7.14. The molecule has 2 amide bonds. The first-order valence-corrected chi connectivity index (χ1v) is 13.1. The van der Waals surface area contributed by atoms with Crippen LogP contribution in [0, 0.1) is 5.92 Å². The second kappa shape index (κ2) is 11.4. The molecule has 40 heavy (non-hydrogen) atoms. The van der Waals surface area contributed by atoms with Crippen LogP contribution in [0.3, 0.4) is 0 Å². The first kappa shape index (κ1) is 27.2. The molecule has 1 aromatic heterocycles. The van der Waals surface area contributed by atoms with Crippen LogP contribution in [-0.4, -0.2) is 45.5 Å². The zero-order chi connectivity index (χ0) is 28.3. The fourth-order valence-corrected chi connectivity index (χ4v) is 5.42. The van der Waals surface area contributed by atoms with E-state index in [4.69, 9.17) is 0 Å². The summed E-state index contributed by atoms with van der Waals surface area (Å²) < 4.78 is 43.0. The fraction of sp³-hybridized carbons (Fsp3) is 0.258. The van der Waals surface area contributed by atoms with Gasteiger partial charge in [0, 0.05) is 24.5 Å². The molecular formula is C31H29F3N4O2. The van der Waals surface area contributed by atoms with E-state index in [0.717, 1.165) is 16.0 Å². The number of rotatable bonds is 9. The zero-order valence-corrected chi connectivity index (χ0v) is 21.9. The van der Waals surface area contributed by atoms with E-state index in [-0.39, 0.29) is 24.8 Å². The molecule has 1 aliphatic rings. The van der Waals surface area contributed by atoms with Gasteiger partial charge >= 0.3 is 6.18 Å². The summed E-state index contributed by atoms with van der Waals surface area (Å²) in [7, 11) is 0. The summed E-state index contributed by atoms with van der Waals surface area (Å²) in [5.74, 6) is -2.10. The number of fused-ring (bicyclic) bond motifs is 3. The van der Waals surface area contributed by atoms with Crippen molar-refractivity contribution in [2.75, 3.05) is 13.1 Å². The van der Waals surface area contributed by atoms with E-state index in [1.807, 2.05) is 24.3 Å². The molecule has 1 aliphatic carbocycles. The molecule has 5 rings (SSSR count). The molecule has 0 spiro atoms. The summed E-state index contributed by atoms with van der Waals surface area (Å²) in [6, 6.07) is 23.4. The minimum Gasteiger partial charge on any atom is -0.333 e. The molecule has 0 bridgehead atoms. The van der Waals surface area contributed by atoms with Gasteiger partial charge in [-0.05, 0) is 46.7 Å². The Morgan fingerprint density at radius 3 is 2.12 bits per heavy atom. The quantitative estimate of drug-likeness (QED) is 0.278. The monoisotopic (exact) mass is 546 g/mol. The Kier molecular flexibility index (Phi) is 7.73. The number of hydrogen-bond donors (Lipinski definition) is 1. The molecule has 4 aromatic rings.